The van der Waals surface area contributed by atoms with Gasteiger partial charge in [0.1, 0.15) is 5.66 Å². The van der Waals surface area contributed by atoms with Gasteiger partial charge >= 0.3 is 0 Å². The summed E-state index contributed by atoms with van der Waals surface area (Å²) in [7, 11) is 0. The lowest BCUT2D eigenvalue weighted by molar-refractivity contribution is 0.547. The lowest BCUT2D eigenvalue weighted by atomic mass is 9.71. The molecule has 0 saturated heterocycles. The van der Waals surface area contributed by atoms with E-state index in [2.05, 4.69) is 0 Å². The van der Waals surface area contributed by atoms with Crippen LogP contribution in [0.2, 0.25) is 0 Å². The number of fused-ring (bicyclic) bond motifs is 3. The second-order valence-electron chi connectivity index (χ2n) is 4.16. The predicted molar refractivity (Wildman–Crippen MR) is 67.9 cm³/mol. The van der Waals surface area contributed by atoms with Gasteiger partial charge in [-0.25, -0.2) is 0 Å². The number of allylic oxidation sites excluding steroid dienone is 2. The van der Waals surface area contributed by atoms with Crippen LogP contribution in [0, 0.1) is 0 Å². The SMILES string of the molecule is NC1(N)C2=C(C=CC1(Cl)Cl)c1ccccc12. The summed E-state index contributed by atoms with van der Waals surface area (Å²) in [5, 5.41) is 0. The fourth-order valence-electron chi connectivity index (χ4n) is 2.26. The summed E-state index contributed by atoms with van der Waals surface area (Å²) in [4.78, 5) is 0. The van der Waals surface area contributed by atoms with Crippen molar-refractivity contribution >= 4 is 34.3 Å². The van der Waals surface area contributed by atoms with Crippen LogP contribution in [-0.4, -0.2) is 10.00 Å². The van der Waals surface area contributed by atoms with Crippen molar-refractivity contribution in [3.05, 3.63) is 47.5 Å². The smallest absolute Gasteiger partial charge is 0.171 e. The van der Waals surface area contributed by atoms with Gasteiger partial charge in [-0.1, -0.05) is 53.5 Å². The molecule has 0 atom stereocenters. The summed E-state index contributed by atoms with van der Waals surface area (Å²) in [5.74, 6) is 0. The van der Waals surface area contributed by atoms with E-state index in [9.17, 15) is 0 Å². The number of hydrogen-bond acceptors (Lipinski definition) is 2. The van der Waals surface area contributed by atoms with Gasteiger partial charge in [0.15, 0.2) is 4.33 Å². The van der Waals surface area contributed by atoms with Crippen molar-refractivity contribution in [1.29, 1.82) is 0 Å². The number of rotatable bonds is 0. The number of nitrogens with two attached hydrogens (primary N) is 2. The molecule has 3 rings (SSSR count). The van der Waals surface area contributed by atoms with Crippen LogP contribution in [0.15, 0.2) is 36.4 Å². The molecule has 0 heterocycles. The van der Waals surface area contributed by atoms with Crippen LogP contribution < -0.4 is 11.5 Å². The molecular formula is C12H10Cl2N2. The van der Waals surface area contributed by atoms with Gasteiger partial charge in [0.25, 0.3) is 0 Å². The molecule has 2 aliphatic rings. The van der Waals surface area contributed by atoms with Crippen LogP contribution >= 0.6 is 23.2 Å². The van der Waals surface area contributed by atoms with E-state index < -0.39 is 10.00 Å². The van der Waals surface area contributed by atoms with Gasteiger partial charge in [0, 0.05) is 5.57 Å². The monoisotopic (exact) mass is 252 g/mol. The van der Waals surface area contributed by atoms with Gasteiger partial charge in [-0.3, -0.25) is 0 Å². The molecule has 0 unspecified atom stereocenters. The minimum atomic E-state index is -1.26. The van der Waals surface area contributed by atoms with Crippen molar-refractivity contribution < 1.29 is 0 Å². The highest BCUT2D eigenvalue weighted by Crippen LogP contribution is 2.53. The Labute approximate surface area is 104 Å². The van der Waals surface area contributed by atoms with Crippen LogP contribution in [0.4, 0.5) is 0 Å². The standard InChI is InChI=1S/C12H10Cl2N2/c13-11(14)6-5-9-7-3-1-2-4-8(7)10(9)12(11,15)16/h1-6H,15-16H2. The molecule has 4 heteroatoms. The maximum absolute atomic E-state index is 6.12. The minimum absolute atomic E-state index is 0.843. The average Bonchev–Trinajstić information content (AvgIpc) is 2.17. The van der Waals surface area contributed by atoms with Crippen LogP contribution in [0.1, 0.15) is 11.1 Å². The van der Waals surface area contributed by atoms with Gasteiger partial charge in [-0.05, 0) is 22.8 Å². The first kappa shape index (κ1) is 10.4. The first-order valence-electron chi connectivity index (χ1n) is 4.94. The largest absolute Gasteiger partial charge is 0.307 e. The topological polar surface area (TPSA) is 52.0 Å². The molecule has 0 amide bonds. The maximum Gasteiger partial charge on any atom is 0.171 e. The third-order valence-electron chi connectivity index (χ3n) is 3.18. The van der Waals surface area contributed by atoms with Crippen molar-refractivity contribution in [1.82, 2.24) is 0 Å². The third-order valence-corrected chi connectivity index (χ3v) is 4.06. The van der Waals surface area contributed by atoms with Crippen LogP contribution in [0.25, 0.3) is 11.1 Å². The molecule has 4 N–H and O–H groups in total. The van der Waals surface area contributed by atoms with E-state index in [1.54, 1.807) is 6.08 Å². The van der Waals surface area contributed by atoms with Gasteiger partial charge in [0.05, 0.1) is 0 Å². The molecule has 0 saturated carbocycles. The van der Waals surface area contributed by atoms with E-state index in [1.807, 2.05) is 30.3 Å². The number of alkyl halides is 2. The number of benzene rings is 1. The highest BCUT2D eigenvalue weighted by Gasteiger charge is 2.51. The second-order valence-corrected chi connectivity index (χ2v) is 5.55. The second kappa shape index (κ2) is 2.90. The van der Waals surface area contributed by atoms with Crippen molar-refractivity contribution in [3.8, 4) is 0 Å². The summed E-state index contributed by atoms with van der Waals surface area (Å²) in [6.07, 6.45) is 3.53. The van der Waals surface area contributed by atoms with Crippen LogP contribution in [0.5, 0.6) is 0 Å². The zero-order valence-electron chi connectivity index (χ0n) is 8.37. The fourth-order valence-corrected chi connectivity index (χ4v) is 2.58. The van der Waals surface area contributed by atoms with E-state index in [0.29, 0.717) is 0 Å². The summed E-state index contributed by atoms with van der Waals surface area (Å²) in [6, 6.07) is 7.94. The molecule has 0 fully saturated rings. The summed E-state index contributed by atoms with van der Waals surface area (Å²) < 4.78 is -1.26. The first-order valence-corrected chi connectivity index (χ1v) is 5.70. The van der Waals surface area contributed by atoms with E-state index in [0.717, 1.165) is 22.3 Å². The Morgan fingerprint density at radius 3 is 2.31 bits per heavy atom. The molecule has 1 aromatic rings. The normalized spacial score (nSPS) is 23.5. The average molecular weight is 253 g/mol. The van der Waals surface area contributed by atoms with Crippen molar-refractivity contribution in [3.63, 3.8) is 0 Å². The molecule has 2 nitrogen and oxygen atoms in total. The molecule has 0 spiro atoms. The third kappa shape index (κ3) is 1.05. The molecule has 0 aromatic heterocycles. The highest BCUT2D eigenvalue weighted by atomic mass is 35.5. The Morgan fingerprint density at radius 1 is 1.00 bits per heavy atom. The van der Waals surface area contributed by atoms with Crippen LogP contribution in [-0.2, 0) is 0 Å². The molecule has 82 valence electrons. The van der Waals surface area contributed by atoms with Gasteiger partial charge in [-0.15, -0.1) is 0 Å². The van der Waals surface area contributed by atoms with Crippen molar-refractivity contribution in [2.24, 2.45) is 11.5 Å². The lowest BCUT2D eigenvalue weighted by Crippen LogP contribution is -2.64. The van der Waals surface area contributed by atoms with Crippen molar-refractivity contribution in [2.75, 3.05) is 0 Å². The highest BCUT2D eigenvalue weighted by molar-refractivity contribution is 6.52. The Hall–Kier alpha value is -0.800. The maximum atomic E-state index is 6.12. The predicted octanol–water partition coefficient (Wildman–Crippen LogP) is 2.27. The van der Waals surface area contributed by atoms with E-state index in [1.165, 1.54) is 0 Å². The first-order chi connectivity index (χ1) is 7.45. The quantitative estimate of drug-likeness (QED) is 0.550. The molecule has 0 aliphatic heterocycles. The van der Waals surface area contributed by atoms with Gasteiger partial charge in [-0.2, -0.15) is 0 Å². The van der Waals surface area contributed by atoms with Crippen molar-refractivity contribution in [2.45, 2.75) is 10.00 Å². The van der Waals surface area contributed by atoms with Gasteiger partial charge in [0.2, 0.25) is 0 Å². The number of halogens is 2. The Bertz CT molecular complexity index is 542. The molecular weight excluding hydrogens is 243 g/mol. The Morgan fingerprint density at radius 2 is 1.62 bits per heavy atom. The molecule has 16 heavy (non-hydrogen) atoms. The summed E-state index contributed by atoms with van der Waals surface area (Å²) in [6.45, 7) is 0. The minimum Gasteiger partial charge on any atom is -0.307 e. The fraction of sp³-hybridized carbons (Fsp3) is 0.167. The summed E-state index contributed by atoms with van der Waals surface area (Å²) in [5.41, 5.74) is 15.0. The van der Waals surface area contributed by atoms with E-state index >= 15 is 0 Å². The van der Waals surface area contributed by atoms with E-state index in [-0.39, 0.29) is 0 Å². The molecule has 0 bridgehead atoms. The number of hydrogen-bond donors (Lipinski definition) is 2. The Kier molecular flexibility index (Phi) is 1.88. The lowest BCUT2D eigenvalue weighted by Gasteiger charge is -2.45. The molecule has 0 radical (unpaired) electrons. The van der Waals surface area contributed by atoms with Gasteiger partial charge < -0.3 is 11.5 Å². The Balaban J connectivity index is 2.21. The zero-order chi connectivity index (χ0) is 11.6. The van der Waals surface area contributed by atoms with Crippen LogP contribution in [0.3, 0.4) is 0 Å². The molecule has 2 aliphatic carbocycles. The molecule has 1 aromatic carbocycles. The summed E-state index contributed by atoms with van der Waals surface area (Å²) >= 11 is 12.2. The van der Waals surface area contributed by atoms with E-state index in [4.69, 9.17) is 34.7 Å². The zero-order valence-corrected chi connectivity index (χ0v) is 9.89.